The fourth-order valence-corrected chi connectivity index (χ4v) is 2.84. The van der Waals surface area contributed by atoms with Gasteiger partial charge in [0.2, 0.25) is 5.91 Å². The molecule has 8 nitrogen and oxygen atoms in total. The number of para-hydroxylation sites is 1. The fraction of sp³-hybridized carbons (Fsp3) is 0.529. The molecule has 2 N–H and O–H groups in total. The van der Waals surface area contributed by atoms with E-state index in [1.807, 2.05) is 0 Å². The summed E-state index contributed by atoms with van der Waals surface area (Å²) in [6, 6.07) is 4.52. The molecule has 1 saturated heterocycles. The van der Waals surface area contributed by atoms with Crippen LogP contribution in [0.1, 0.15) is 10.4 Å². The molecule has 2 rings (SSSR count). The van der Waals surface area contributed by atoms with E-state index >= 15 is 0 Å². The average Bonchev–Trinajstić information content (AvgIpc) is 2.66. The van der Waals surface area contributed by atoms with Crippen molar-refractivity contribution >= 4 is 11.8 Å². The van der Waals surface area contributed by atoms with Gasteiger partial charge in [0.05, 0.1) is 26.4 Å². The highest BCUT2D eigenvalue weighted by Gasteiger charge is 2.29. The number of carbonyl (C=O) groups excluding carboxylic acids is 2. The van der Waals surface area contributed by atoms with Gasteiger partial charge in [0.1, 0.15) is 6.04 Å². The van der Waals surface area contributed by atoms with Crippen LogP contribution in [0.4, 0.5) is 0 Å². The molecule has 1 fully saturated rings. The monoisotopic (exact) mass is 351 g/mol. The maximum atomic E-state index is 12.8. The minimum Gasteiger partial charge on any atom is -0.493 e. The van der Waals surface area contributed by atoms with Crippen LogP contribution in [0.3, 0.4) is 0 Å². The lowest BCUT2D eigenvalue weighted by atomic mass is 10.1. The van der Waals surface area contributed by atoms with Crippen LogP contribution in [-0.2, 0) is 9.53 Å². The Labute approximate surface area is 147 Å². The van der Waals surface area contributed by atoms with Gasteiger partial charge in [0.15, 0.2) is 11.5 Å². The minimum absolute atomic E-state index is 0.149. The lowest BCUT2D eigenvalue weighted by Crippen LogP contribution is -2.55. The highest BCUT2D eigenvalue weighted by molar-refractivity contribution is 5.98. The van der Waals surface area contributed by atoms with Gasteiger partial charge in [-0.15, -0.1) is 0 Å². The van der Waals surface area contributed by atoms with Crippen LogP contribution < -0.4 is 15.2 Å². The van der Waals surface area contributed by atoms with Crippen LogP contribution in [0, 0.1) is 0 Å². The summed E-state index contributed by atoms with van der Waals surface area (Å²) >= 11 is 0. The summed E-state index contributed by atoms with van der Waals surface area (Å²) in [5.41, 5.74) is 6.23. The molecule has 1 atom stereocenters. The van der Waals surface area contributed by atoms with E-state index in [0.29, 0.717) is 43.2 Å². The summed E-state index contributed by atoms with van der Waals surface area (Å²) in [6.45, 7) is 1.93. The molecule has 1 aromatic carbocycles. The Hall–Kier alpha value is -2.32. The first-order valence-electron chi connectivity index (χ1n) is 8.07. The van der Waals surface area contributed by atoms with Crippen LogP contribution in [0.2, 0.25) is 0 Å². The zero-order valence-electron chi connectivity index (χ0n) is 14.9. The Morgan fingerprint density at radius 3 is 2.28 bits per heavy atom. The molecule has 1 unspecified atom stereocenters. The van der Waals surface area contributed by atoms with Crippen LogP contribution in [0.5, 0.6) is 11.5 Å². The summed E-state index contributed by atoms with van der Waals surface area (Å²) in [4.78, 5) is 28.4. The number of hydrogen-bond donors (Lipinski definition) is 1. The molecule has 8 heteroatoms. The predicted octanol–water partition coefficient (Wildman–Crippen LogP) is -0.0381. The van der Waals surface area contributed by atoms with Crippen molar-refractivity contribution in [1.29, 1.82) is 0 Å². The quantitative estimate of drug-likeness (QED) is 0.773. The Morgan fingerprint density at radius 1 is 1.08 bits per heavy atom. The van der Waals surface area contributed by atoms with Gasteiger partial charge in [0.25, 0.3) is 5.91 Å². The second kappa shape index (κ2) is 8.68. The Bertz CT molecular complexity index is 614. The van der Waals surface area contributed by atoms with Crippen LogP contribution in [0.15, 0.2) is 18.2 Å². The van der Waals surface area contributed by atoms with Gasteiger partial charge < -0.3 is 29.7 Å². The molecule has 0 radical (unpaired) electrons. The van der Waals surface area contributed by atoms with E-state index in [1.54, 1.807) is 28.0 Å². The number of methoxy groups -OCH3 is 3. The van der Waals surface area contributed by atoms with Crippen molar-refractivity contribution in [2.75, 3.05) is 54.1 Å². The molecular weight excluding hydrogens is 326 g/mol. The Balaban J connectivity index is 2.04. The number of hydrogen-bond acceptors (Lipinski definition) is 6. The lowest BCUT2D eigenvalue weighted by molar-refractivity contribution is -0.135. The smallest absolute Gasteiger partial charge is 0.257 e. The van der Waals surface area contributed by atoms with E-state index in [2.05, 4.69) is 0 Å². The molecule has 138 valence electrons. The molecule has 0 aliphatic carbocycles. The zero-order chi connectivity index (χ0) is 18.4. The number of piperazine rings is 1. The van der Waals surface area contributed by atoms with Crippen molar-refractivity contribution in [3.8, 4) is 11.5 Å². The van der Waals surface area contributed by atoms with Crippen molar-refractivity contribution in [2.24, 2.45) is 5.73 Å². The fourth-order valence-electron chi connectivity index (χ4n) is 2.84. The summed E-state index contributed by atoms with van der Waals surface area (Å²) in [7, 11) is 4.54. The highest BCUT2D eigenvalue weighted by Crippen LogP contribution is 2.31. The molecule has 0 aromatic heterocycles. The Kier molecular flexibility index (Phi) is 6.60. The highest BCUT2D eigenvalue weighted by atomic mass is 16.5. The molecule has 1 heterocycles. The number of carbonyl (C=O) groups is 2. The summed E-state index contributed by atoms with van der Waals surface area (Å²) in [5, 5.41) is 0. The first kappa shape index (κ1) is 19.0. The zero-order valence-corrected chi connectivity index (χ0v) is 14.9. The van der Waals surface area contributed by atoms with Gasteiger partial charge in [-0.1, -0.05) is 6.07 Å². The SMILES string of the molecule is COCC(N)C(=O)N1CCN(C(=O)c2cccc(OC)c2OC)CC1. The van der Waals surface area contributed by atoms with Gasteiger partial charge in [-0.2, -0.15) is 0 Å². The average molecular weight is 351 g/mol. The largest absolute Gasteiger partial charge is 0.493 e. The number of nitrogens with zero attached hydrogens (tertiary/aromatic N) is 2. The number of amides is 2. The molecule has 0 saturated carbocycles. The van der Waals surface area contributed by atoms with E-state index < -0.39 is 6.04 Å². The normalized spacial score (nSPS) is 15.7. The first-order chi connectivity index (χ1) is 12.0. The molecule has 25 heavy (non-hydrogen) atoms. The summed E-state index contributed by atoms with van der Waals surface area (Å²) < 4.78 is 15.5. The third-order valence-electron chi connectivity index (χ3n) is 4.18. The van der Waals surface area contributed by atoms with E-state index in [0.717, 1.165) is 0 Å². The van der Waals surface area contributed by atoms with E-state index in [-0.39, 0.29) is 18.4 Å². The first-order valence-corrected chi connectivity index (χ1v) is 8.07. The van der Waals surface area contributed by atoms with Crippen LogP contribution in [-0.4, -0.2) is 81.8 Å². The van der Waals surface area contributed by atoms with Crippen molar-refractivity contribution in [3.63, 3.8) is 0 Å². The van der Waals surface area contributed by atoms with Crippen molar-refractivity contribution in [1.82, 2.24) is 9.80 Å². The van der Waals surface area contributed by atoms with E-state index in [9.17, 15) is 9.59 Å². The third kappa shape index (κ3) is 4.21. The van der Waals surface area contributed by atoms with Gasteiger partial charge in [-0.25, -0.2) is 0 Å². The van der Waals surface area contributed by atoms with Crippen LogP contribution in [0.25, 0.3) is 0 Å². The standard InChI is InChI=1S/C17H25N3O5/c1-23-11-13(18)17(22)20-9-7-19(8-10-20)16(21)12-5-4-6-14(24-2)15(12)25-3/h4-6,13H,7-11,18H2,1-3H3. The van der Waals surface area contributed by atoms with Crippen molar-refractivity contribution < 1.29 is 23.8 Å². The van der Waals surface area contributed by atoms with E-state index in [1.165, 1.54) is 21.3 Å². The van der Waals surface area contributed by atoms with Gasteiger partial charge in [-0.05, 0) is 12.1 Å². The minimum atomic E-state index is -0.675. The molecule has 1 aliphatic heterocycles. The number of nitrogens with two attached hydrogens (primary N) is 1. The van der Waals surface area contributed by atoms with Gasteiger partial charge >= 0.3 is 0 Å². The molecule has 0 spiro atoms. The maximum absolute atomic E-state index is 12.8. The van der Waals surface area contributed by atoms with E-state index in [4.69, 9.17) is 19.9 Å². The molecule has 1 aromatic rings. The number of rotatable bonds is 6. The van der Waals surface area contributed by atoms with Gasteiger partial charge in [0, 0.05) is 33.3 Å². The molecule has 2 amide bonds. The summed E-state index contributed by atoms with van der Waals surface area (Å²) in [6.07, 6.45) is 0. The summed E-state index contributed by atoms with van der Waals surface area (Å²) in [5.74, 6) is 0.611. The number of benzene rings is 1. The number of ether oxygens (including phenoxy) is 3. The van der Waals surface area contributed by atoms with Gasteiger partial charge in [-0.3, -0.25) is 9.59 Å². The maximum Gasteiger partial charge on any atom is 0.257 e. The second-order valence-electron chi connectivity index (χ2n) is 5.72. The Morgan fingerprint density at radius 2 is 1.72 bits per heavy atom. The predicted molar refractivity (Wildman–Crippen MR) is 91.9 cm³/mol. The topological polar surface area (TPSA) is 94.3 Å². The molecule has 0 bridgehead atoms. The van der Waals surface area contributed by atoms with Crippen molar-refractivity contribution in [3.05, 3.63) is 23.8 Å². The van der Waals surface area contributed by atoms with Crippen molar-refractivity contribution in [2.45, 2.75) is 6.04 Å². The van der Waals surface area contributed by atoms with Crippen LogP contribution >= 0.6 is 0 Å². The molecular formula is C17H25N3O5. The lowest BCUT2D eigenvalue weighted by Gasteiger charge is -2.36. The second-order valence-corrected chi connectivity index (χ2v) is 5.72. The molecule has 1 aliphatic rings. The third-order valence-corrected chi connectivity index (χ3v) is 4.18.